The molecule has 1 amide bonds. The summed E-state index contributed by atoms with van der Waals surface area (Å²) in [4.78, 5) is 26.1. The molecule has 2 aromatic heterocycles. The van der Waals surface area contributed by atoms with E-state index in [4.69, 9.17) is 0 Å². The zero-order valence-electron chi connectivity index (χ0n) is 14.3. The van der Waals surface area contributed by atoms with Crippen LogP contribution in [0.5, 0.6) is 0 Å². The van der Waals surface area contributed by atoms with Gasteiger partial charge in [0.1, 0.15) is 0 Å². The van der Waals surface area contributed by atoms with E-state index in [9.17, 15) is 14.7 Å². The summed E-state index contributed by atoms with van der Waals surface area (Å²) in [6.07, 6.45) is 3.74. The van der Waals surface area contributed by atoms with E-state index < -0.39 is 11.9 Å². The van der Waals surface area contributed by atoms with Crippen LogP contribution in [0.15, 0.2) is 24.4 Å². The number of aryl methyl sites for hydroxylation is 1. The average Bonchev–Trinajstić information content (AvgIpc) is 3.27. The Kier molecular flexibility index (Phi) is 3.95. The van der Waals surface area contributed by atoms with Gasteiger partial charge in [0.2, 0.25) is 0 Å². The summed E-state index contributed by atoms with van der Waals surface area (Å²) >= 11 is 0. The van der Waals surface area contributed by atoms with Crippen LogP contribution in [0.25, 0.3) is 10.9 Å². The van der Waals surface area contributed by atoms with Gasteiger partial charge in [-0.2, -0.15) is 10.2 Å². The molecule has 134 valence electrons. The number of aromatic amines is 2. The minimum absolute atomic E-state index is 0.131. The molecule has 1 unspecified atom stereocenters. The molecule has 3 N–H and O–H groups in total. The second-order valence-corrected chi connectivity index (χ2v) is 6.57. The number of H-pyrrole nitrogens is 2. The maximum atomic E-state index is 13.1. The number of rotatable bonds is 4. The van der Waals surface area contributed by atoms with Crippen LogP contribution in [0.1, 0.15) is 35.1 Å². The summed E-state index contributed by atoms with van der Waals surface area (Å²) in [5.74, 6) is -1.80. The molecule has 1 atom stereocenters. The van der Waals surface area contributed by atoms with Crippen molar-refractivity contribution in [3.8, 4) is 0 Å². The maximum Gasteiger partial charge on any atom is 0.308 e. The molecular weight excluding hydrogens is 334 g/mol. The molecule has 0 aliphatic carbocycles. The lowest BCUT2D eigenvalue weighted by atomic mass is 9.96. The lowest BCUT2D eigenvalue weighted by Crippen LogP contribution is -2.42. The summed E-state index contributed by atoms with van der Waals surface area (Å²) in [5, 5.41) is 24.4. The van der Waals surface area contributed by atoms with Crippen LogP contribution in [0, 0.1) is 5.92 Å². The Hall–Kier alpha value is -3.16. The molecule has 26 heavy (non-hydrogen) atoms. The van der Waals surface area contributed by atoms with E-state index in [0.717, 1.165) is 29.4 Å². The van der Waals surface area contributed by atoms with Crippen molar-refractivity contribution >= 4 is 28.5 Å². The van der Waals surface area contributed by atoms with Crippen LogP contribution < -0.4 is 4.90 Å². The topological polar surface area (TPSA) is 115 Å². The van der Waals surface area contributed by atoms with E-state index in [1.165, 1.54) is 4.90 Å². The highest BCUT2D eigenvalue weighted by molar-refractivity contribution is 6.08. The van der Waals surface area contributed by atoms with Crippen molar-refractivity contribution in [2.24, 2.45) is 5.92 Å². The van der Waals surface area contributed by atoms with Crippen molar-refractivity contribution in [2.45, 2.75) is 26.2 Å². The van der Waals surface area contributed by atoms with Crippen LogP contribution in [0.3, 0.4) is 0 Å². The normalized spacial score (nSPS) is 16.7. The summed E-state index contributed by atoms with van der Waals surface area (Å²) in [7, 11) is 0. The number of carboxylic acids is 1. The molecule has 0 bridgehead atoms. The van der Waals surface area contributed by atoms with Gasteiger partial charge in [-0.1, -0.05) is 13.3 Å². The first-order chi connectivity index (χ1) is 12.6. The highest BCUT2D eigenvalue weighted by Crippen LogP contribution is 2.30. The Balaban J connectivity index is 1.72. The van der Waals surface area contributed by atoms with Gasteiger partial charge in [-0.25, -0.2) is 0 Å². The molecule has 1 aliphatic rings. The fourth-order valence-electron chi connectivity index (χ4n) is 3.47. The molecule has 3 heterocycles. The zero-order valence-corrected chi connectivity index (χ0v) is 14.3. The van der Waals surface area contributed by atoms with Gasteiger partial charge in [-0.3, -0.25) is 19.8 Å². The summed E-state index contributed by atoms with van der Waals surface area (Å²) in [6, 6.07) is 5.37. The molecule has 0 radical (unpaired) electrons. The predicted molar refractivity (Wildman–Crippen MR) is 95.2 cm³/mol. The number of nitrogens with one attached hydrogen (secondary N) is 2. The first-order valence-electron chi connectivity index (χ1n) is 8.62. The van der Waals surface area contributed by atoms with E-state index in [-0.39, 0.29) is 12.5 Å². The molecule has 0 fully saturated rings. The fraction of sp³-hybridized carbons (Fsp3) is 0.333. The quantitative estimate of drug-likeness (QED) is 0.665. The summed E-state index contributed by atoms with van der Waals surface area (Å²) < 4.78 is 0. The molecule has 8 nitrogen and oxygen atoms in total. The first kappa shape index (κ1) is 16.3. The molecular formula is C18H19N5O3. The lowest BCUT2D eigenvalue weighted by Gasteiger charge is -2.30. The van der Waals surface area contributed by atoms with Gasteiger partial charge < -0.3 is 10.0 Å². The number of carbonyl (C=O) groups is 2. The highest BCUT2D eigenvalue weighted by Gasteiger charge is 2.34. The standard InChI is InChI=1S/C18H19N5O3/c1-2-3-13-12-6-10(4-5-14(12)22-21-13)17(24)23-9-11(18(25)26)7-15-16(23)8-19-20-15/h4-6,8,11H,2-3,7,9H2,1H3,(H,19,20)(H,21,22)(H,25,26). The van der Waals surface area contributed by atoms with Gasteiger partial charge in [0.15, 0.2) is 0 Å². The second-order valence-electron chi connectivity index (χ2n) is 6.57. The lowest BCUT2D eigenvalue weighted by molar-refractivity contribution is -0.141. The molecule has 0 spiro atoms. The largest absolute Gasteiger partial charge is 0.481 e. The number of benzene rings is 1. The van der Waals surface area contributed by atoms with Gasteiger partial charge in [0.25, 0.3) is 5.91 Å². The average molecular weight is 353 g/mol. The van der Waals surface area contributed by atoms with Gasteiger partial charge in [-0.15, -0.1) is 0 Å². The van der Waals surface area contributed by atoms with Crippen LogP contribution in [0.2, 0.25) is 0 Å². The minimum atomic E-state index is -0.918. The number of amides is 1. The second kappa shape index (κ2) is 6.29. The molecule has 4 rings (SSSR count). The Morgan fingerprint density at radius 1 is 1.35 bits per heavy atom. The molecule has 1 aromatic carbocycles. The number of aromatic nitrogens is 4. The SMILES string of the molecule is CCCc1[nH]nc2ccc(C(=O)N3CC(C(=O)O)Cc4[nH]ncc43)cc12. The van der Waals surface area contributed by atoms with E-state index in [2.05, 4.69) is 27.3 Å². The fourth-order valence-corrected chi connectivity index (χ4v) is 3.47. The van der Waals surface area contributed by atoms with Crippen LogP contribution in [-0.4, -0.2) is 43.9 Å². The number of nitrogens with zero attached hydrogens (tertiary/aromatic N) is 3. The van der Waals surface area contributed by atoms with Crippen LogP contribution in [0.4, 0.5) is 5.69 Å². The minimum Gasteiger partial charge on any atom is -0.481 e. The van der Waals surface area contributed by atoms with E-state index in [1.807, 2.05) is 12.1 Å². The van der Waals surface area contributed by atoms with Gasteiger partial charge in [0, 0.05) is 29.6 Å². The van der Waals surface area contributed by atoms with Crippen LogP contribution in [-0.2, 0) is 17.6 Å². The Bertz CT molecular complexity index is 990. The molecule has 8 heteroatoms. The van der Waals surface area contributed by atoms with Crippen molar-refractivity contribution in [2.75, 3.05) is 11.4 Å². The van der Waals surface area contributed by atoms with Crippen molar-refractivity contribution in [1.82, 2.24) is 20.4 Å². The third-order valence-corrected chi connectivity index (χ3v) is 4.81. The Labute approximate surface area is 149 Å². The molecule has 0 saturated carbocycles. The monoisotopic (exact) mass is 353 g/mol. The van der Waals surface area contributed by atoms with E-state index in [1.54, 1.807) is 12.3 Å². The molecule has 3 aromatic rings. The van der Waals surface area contributed by atoms with Gasteiger partial charge in [-0.05, 0) is 24.6 Å². The highest BCUT2D eigenvalue weighted by atomic mass is 16.4. The smallest absolute Gasteiger partial charge is 0.308 e. The van der Waals surface area contributed by atoms with Crippen molar-refractivity contribution in [3.63, 3.8) is 0 Å². The van der Waals surface area contributed by atoms with Gasteiger partial charge in [0.05, 0.1) is 29.0 Å². The number of aliphatic carboxylic acids is 1. The predicted octanol–water partition coefficient (Wildman–Crippen LogP) is 2.14. The Morgan fingerprint density at radius 3 is 2.96 bits per heavy atom. The number of carboxylic acid groups (broad SMARTS) is 1. The third kappa shape index (κ3) is 2.63. The number of carbonyl (C=O) groups excluding carboxylic acids is 1. The summed E-state index contributed by atoms with van der Waals surface area (Å²) in [6.45, 7) is 2.22. The van der Waals surface area contributed by atoms with Crippen LogP contribution >= 0.6 is 0 Å². The van der Waals surface area contributed by atoms with Crippen molar-refractivity contribution in [3.05, 3.63) is 41.3 Å². The van der Waals surface area contributed by atoms with Crippen molar-refractivity contribution in [1.29, 1.82) is 0 Å². The van der Waals surface area contributed by atoms with E-state index >= 15 is 0 Å². The number of hydrogen-bond acceptors (Lipinski definition) is 4. The molecule has 1 aliphatic heterocycles. The molecule has 0 saturated heterocycles. The van der Waals surface area contributed by atoms with E-state index in [0.29, 0.717) is 23.4 Å². The third-order valence-electron chi connectivity index (χ3n) is 4.81. The first-order valence-corrected chi connectivity index (χ1v) is 8.62. The zero-order chi connectivity index (χ0) is 18.3. The number of hydrogen-bond donors (Lipinski definition) is 3. The van der Waals surface area contributed by atoms with Gasteiger partial charge >= 0.3 is 5.97 Å². The number of anilines is 1. The van der Waals surface area contributed by atoms with Crippen molar-refractivity contribution < 1.29 is 14.7 Å². The summed E-state index contributed by atoms with van der Waals surface area (Å²) in [5.41, 5.74) is 3.65. The number of fused-ring (bicyclic) bond motifs is 2. The Morgan fingerprint density at radius 2 is 2.19 bits per heavy atom. The maximum absolute atomic E-state index is 13.1.